The Balaban J connectivity index is 0.000000139. The van der Waals surface area contributed by atoms with Gasteiger partial charge in [0.05, 0.1) is 48.7 Å². The van der Waals surface area contributed by atoms with Crippen molar-refractivity contribution in [3.8, 4) is 49.0 Å². The van der Waals surface area contributed by atoms with Crippen LogP contribution in [0.15, 0.2) is 72.8 Å². The van der Waals surface area contributed by atoms with Crippen molar-refractivity contribution in [2.24, 2.45) is 0 Å². The average Bonchev–Trinajstić information content (AvgIpc) is 4.41. The molecule has 3 aromatic heterocycles. The first-order chi connectivity index (χ1) is 39.6. The predicted molar refractivity (Wildman–Crippen MR) is 326 cm³/mol. The fourth-order valence-corrected chi connectivity index (χ4v) is 15.4. The molecule has 81 heavy (non-hydrogen) atoms. The minimum atomic E-state index is -0.779. The summed E-state index contributed by atoms with van der Waals surface area (Å²) in [5, 5.41) is 12.1. The molecule has 3 aliphatic heterocycles. The molecule has 3 aliphatic carbocycles. The van der Waals surface area contributed by atoms with Crippen molar-refractivity contribution < 1.29 is 33.7 Å². The number of aromatic nitrogens is 3. The average molecular weight is 1200 g/mol. The number of aryl methyl sites for hydroxylation is 3. The van der Waals surface area contributed by atoms with E-state index in [4.69, 9.17) is 47.4 Å². The molecule has 6 aliphatic rings. The van der Waals surface area contributed by atoms with Gasteiger partial charge in [-0.1, -0.05) is 0 Å². The number of carboxylic acid groups (broad SMARTS) is 1. The highest BCUT2D eigenvalue weighted by Crippen LogP contribution is 2.44. The first-order valence-electron chi connectivity index (χ1n) is 29.5. The Bertz CT molecular complexity index is 3010. The summed E-state index contributed by atoms with van der Waals surface area (Å²) >= 11 is 16.4. The second-order valence-electron chi connectivity index (χ2n) is 22.0. The van der Waals surface area contributed by atoms with E-state index < -0.39 is 11.9 Å². The molecule has 13 nitrogen and oxygen atoms in total. The quantitative estimate of drug-likeness (QED) is 0.0610. The van der Waals surface area contributed by atoms with Crippen molar-refractivity contribution in [3.63, 3.8) is 0 Å². The van der Waals surface area contributed by atoms with Gasteiger partial charge in [0.15, 0.2) is 0 Å². The van der Waals surface area contributed by atoms with Crippen LogP contribution in [0.5, 0.6) is 17.2 Å². The Morgan fingerprint density at radius 1 is 0.506 bits per heavy atom. The van der Waals surface area contributed by atoms with E-state index >= 15 is 0 Å². The number of ether oxygens (including phenoxy) is 3. The Morgan fingerprint density at radius 3 is 1.23 bits per heavy atom. The van der Waals surface area contributed by atoms with Crippen molar-refractivity contribution >= 4 is 75.0 Å². The van der Waals surface area contributed by atoms with Crippen molar-refractivity contribution in [2.75, 3.05) is 70.8 Å². The maximum Gasteiger partial charge on any atom is 0.312 e. The summed E-state index contributed by atoms with van der Waals surface area (Å²) in [4.78, 5) is 61.9. The number of alkyl halides is 2. The van der Waals surface area contributed by atoms with Crippen LogP contribution in [-0.4, -0.2) is 129 Å². The lowest BCUT2D eigenvalue weighted by Gasteiger charge is -2.29. The predicted octanol–water partition coefficient (Wildman–Crippen LogP) is 13.9. The number of rotatable bonds is 19. The molecule has 0 bridgehead atoms. The molecule has 4 atom stereocenters. The van der Waals surface area contributed by atoms with E-state index in [0.717, 1.165) is 193 Å². The Hall–Kier alpha value is -5.10. The van der Waals surface area contributed by atoms with Crippen LogP contribution in [0, 0.1) is 0 Å². The molecule has 0 radical (unpaired) electrons. The van der Waals surface area contributed by atoms with E-state index in [9.17, 15) is 19.5 Å². The smallest absolute Gasteiger partial charge is 0.312 e. The number of likely N-dealkylation sites (tertiary alicyclic amines) is 3. The molecule has 2 amide bonds. The van der Waals surface area contributed by atoms with Crippen LogP contribution >= 0.6 is 57.2 Å². The summed E-state index contributed by atoms with van der Waals surface area (Å²) in [6.07, 6.45) is 17.7. The number of carbonyl (C=O) groups is 3. The third-order valence-corrected chi connectivity index (χ3v) is 20.4. The highest BCUT2D eigenvalue weighted by Gasteiger charge is 2.38. The van der Waals surface area contributed by atoms with Gasteiger partial charge in [-0.15, -0.1) is 57.2 Å². The largest absolute Gasteiger partial charge is 0.494 e. The molecule has 0 spiro atoms. The molecule has 3 fully saturated rings. The fraction of sp³-hybridized carbons (Fsp3) is 0.524. The third-order valence-electron chi connectivity index (χ3n) is 16.3. The second-order valence-corrected chi connectivity index (χ2v) is 26.0. The van der Waals surface area contributed by atoms with Crippen LogP contribution in [0.1, 0.15) is 146 Å². The van der Waals surface area contributed by atoms with Gasteiger partial charge in [-0.2, -0.15) is 0 Å². The van der Waals surface area contributed by atoms with E-state index in [2.05, 4.69) is 50.9 Å². The second kappa shape index (κ2) is 28.9. The minimum Gasteiger partial charge on any atom is -0.494 e. The molecule has 12 rings (SSSR count). The number of halogens is 2. The summed E-state index contributed by atoms with van der Waals surface area (Å²) in [5.41, 5.74) is 6.00. The van der Waals surface area contributed by atoms with Gasteiger partial charge < -0.3 is 34.0 Å². The summed E-state index contributed by atoms with van der Waals surface area (Å²) in [5.74, 6) is 3.07. The Morgan fingerprint density at radius 2 is 0.877 bits per heavy atom. The number of amides is 2. The highest BCUT2D eigenvalue weighted by atomic mass is 35.5. The summed E-state index contributed by atoms with van der Waals surface area (Å²) in [7, 11) is 0. The molecule has 3 aromatic carbocycles. The number of hydrogen-bond acceptors (Lipinski definition) is 13. The number of aliphatic carboxylic acids is 1. The summed E-state index contributed by atoms with van der Waals surface area (Å²) in [6.45, 7) is 10.3. The number of nitrogens with zero attached hydrogens (tertiary/aromatic N) is 6. The van der Waals surface area contributed by atoms with E-state index in [1.54, 1.807) is 34.0 Å². The SMILES string of the molecule is CC1CCCN1CCCOc1ccc(-c2nc3c(s2)CCC3C(=O)N2CCCCC2)cc1.O=C(C1CCc2sc(-c3ccc(OCCCCl)cc3)nc21)N1CCCCC1.O=C(O)C1CCc2sc(-c3ccc(OCCCCl)cc3)nc21. The molecule has 18 heteroatoms. The first kappa shape index (κ1) is 59.1. The number of carbonyl (C=O) groups excluding carboxylic acids is 2. The molecule has 0 saturated carbocycles. The van der Waals surface area contributed by atoms with Crippen LogP contribution in [-0.2, 0) is 33.6 Å². The standard InChI is InChI=1S/C26H35N3O2S.C21H25ClN2O2S.C16H16ClNO3S/c1-19-7-5-16-28(19)17-6-18-31-21-10-8-20(9-11-21)25-27-24-22(12-13-23(24)32-25)26(30)29-14-3-2-4-15-29;22-11-4-14-26-16-7-5-15(6-8-16)20-23-19-17(9-10-18(19)27-20)21(25)24-12-2-1-3-13-24;17-8-1-9-21-11-4-2-10(3-5-11)15-18-14-12(16(19)20)6-7-13(14)22-15/h8-11,19,22H,2-7,12-18H2,1H3;5-8,17H,1-4,9-14H2;2-5,12H,1,6-9H2,(H,19,20). The van der Waals surface area contributed by atoms with Gasteiger partial charge in [0.2, 0.25) is 11.8 Å². The van der Waals surface area contributed by atoms with Gasteiger partial charge in [-0.25, -0.2) is 15.0 Å². The van der Waals surface area contributed by atoms with E-state index in [1.165, 1.54) is 42.0 Å². The maximum atomic E-state index is 13.1. The number of benzene rings is 3. The van der Waals surface area contributed by atoms with Crippen molar-refractivity contribution in [1.29, 1.82) is 0 Å². The monoisotopic (exact) mass is 1190 g/mol. The molecule has 6 heterocycles. The maximum absolute atomic E-state index is 13.1. The van der Waals surface area contributed by atoms with Crippen LogP contribution in [0.25, 0.3) is 31.7 Å². The number of fused-ring (bicyclic) bond motifs is 3. The van der Waals surface area contributed by atoms with Crippen LogP contribution in [0.4, 0.5) is 0 Å². The molecular formula is C63H76Cl2N6O7S3. The van der Waals surface area contributed by atoms with Crippen LogP contribution in [0.2, 0.25) is 0 Å². The third kappa shape index (κ3) is 15.0. The van der Waals surface area contributed by atoms with Gasteiger partial charge in [-0.05, 0) is 195 Å². The van der Waals surface area contributed by atoms with Crippen molar-refractivity contribution in [2.45, 2.75) is 140 Å². The van der Waals surface area contributed by atoms with Crippen molar-refractivity contribution in [3.05, 3.63) is 105 Å². The molecule has 1 N–H and O–H groups in total. The zero-order chi connectivity index (χ0) is 56.1. The summed E-state index contributed by atoms with van der Waals surface area (Å²) in [6, 6.07) is 24.8. The van der Waals surface area contributed by atoms with Crippen LogP contribution < -0.4 is 14.2 Å². The lowest BCUT2D eigenvalue weighted by molar-refractivity contribution is -0.139. The summed E-state index contributed by atoms with van der Waals surface area (Å²) < 4.78 is 17.2. The zero-order valence-electron chi connectivity index (χ0n) is 46.6. The number of thiazole rings is 3. The normalized spacial score (nSPS) is 20.1. The minimum absolute atomic E-state index is 0.0333. The Labute approximate surface area is 499 Å². The van der Waals surface area contributed by atoms with Crippen LogP contribution in [0.3, 0.4) is 0 Å². The van der Waals surface area contributed by atoms with Gasteiger partial charge >= 0.3 is 5.97 Å². The number of carboxylic acids is 1. The topological polar surface area (TPSA) is 148 Å². The van der Waals surface area contributed by atoms with Gasteiger partial charge in [0, 0.05) is 81.8 Å². The van der Waals surface area contributed by atoms with E-state index in [0.29, 0.717) is 37.3 Å². The first-order valence-corrected chi connectivity index (χ1v) is 33.0. The van der Waals surface area contributed by atoms with Gasteiger partial charge in [0.1, 0.15) is 38.2 Å². The molecule has 6 aromatic rings. The zero-order valence-corrected chi connectivity index (χ0v) is 50.6. The van der Waals surface area contributed by atoms with Gasteiger partial charge in [-0.3, -0.25) is 14.4 Å². The molecule has 432 valence electrons. The lowest BCUT2D eigenvalue weighted by atomic mass is 10.0. The lowest BCUT2D eigenvalue weighted by Crippen LogP contribution is -2.38. The molecule has 3 saturated heterocycles. The molecular weight excluding hydrogens is 1120 g/mol. The Kier molecular flexibility index (Phi) is 21.1. The van der Waals surface area contributed by atoms with Gasteiger partial charge in [0.25, 0.3) is 0 Å². The number of piperidine rings is 2. The molecule has 4 unspecified atom stereocenters. The van der Waals surface area contributed by atoms with Crippen molar-refractivity contribution in [1.82, 2.24) is 29.7 Å². The van der Waals surface area contributed by atoms with E-state index in [1.807, 2.05) is 48.5 Å². The highest BCUT2D eigenvalue weighted by molar-refractivity contribution is 7.15. The fourth-order valence-electron chi connectivity index (χ4n) is 11.8. The number of hydrogen-bond donors (Lipinski definition) is 1. The van der Waals surface area contributed by atoms with E-state index in [-0.39, 0.29) is 17.7 Å².